The number of phenolic OH excluding ortho intramolecular Hbond substituents is 1. The van der Waals surface area contributed by atoms with Gasteiger partial charge in [0, 0.05) is 20.1 Å². The van der Waals surface area contributed by atoms with E-state index in [4.69, 9.17) is 0 Å². The lowest BCUT2D eigenvalue weighted by molar-refractivity contribution is 0.242. The average Bonchev–Trinajstić information content (AvgIpc) is 2.47. The lowest BCUT2D eigenvalue weighted by Gasteiger charge is -2.19. The molecule has 2 rings (SSSR count). The molecule has 1 atom stereocenters. The molecule has 0 aliphatic heterocycles. The van der Waals surface area contributed by atoms with Gasteiger partial charge in [0.15, 0.2) is 0 Å². The summed E-state index contributed by atoms with van der Waals surface area (Å²) in [5.41, 5.74) is 5.95. The van der Waals surface area contributed by atoms with Gasteiger partial charge >= 0.3 is 0 Å². The molecule has 2 N–H and O–H groups in total. The first-order valence-electron chi connectivity index (χ1n) is 4.92. The van der Waals surface area contributed by atoms with E-state index in [1.54, 1.807) is 6.07 Å². The van der Waals surface area contributed by atoms with E-state index >= 15 is 0 Å². The third-order valence-electron chi connectivity index (χ3n) is 2.62. The standard InChI is InChI=1S/C11H16N2O/c1-13(2)12-11-6-3-8-7-9(14)4-5-10(8)11/h4-5,7,11-12,14H,3,6H2,1-2H3. The van der Waals surface area contributed by atoms with Gasteiger partial charge in [-0.3, -0.25) is 5.01 Å². The molecule has 0 amide bonds. The smallest absolute Gasteiger partial charge is 0.115 e. The van der Waals surface area contributed by atoms with Gasteiger partial charge in [0.1, 0.15) is 5.75 Å². The number of hydrogen-bond acceptors (Lipinski definition) is 3. The Kier molecular flexibility index (Phi) is 2.44. The molecule has 1 aromatic rings. The Hall–Kier alpha value is -1.06. The number of nitrogens with one attached hydrogen (secondary N) is 1. The van der Waals surface area contributed by atoms with E-state index in [1.807, 2.05) is 31.2 Å². The highest BCUT2D eigenvalue weighted by Gasteiger charge is 2.22. The van der Waals surface area contributed by atoms with E-state index in [1.165, 1.54) is 11.1 Å². The van der Waals surface area contributed by atoms with Gasteiger partial charge in [-0.15, -0.1) is 0 Å². The van der Waals surface area contributed by atoms with Crippen molar-refractivity contribution in [3.8, 4) is 5.75 Å². The Morgan fingerprint density at radius 3 is 2.93 bits per heavy atom. The topological polar surface area (TPSA) is 35.5 Å². The van der Waals surface area contributed by atoms with Crippen LogP contribution < -0.4 is 5.43 Å². The summed E-state index contributed by atoms with van der Waals surface area (Å²) >= 11 is 0. The van der Waals surface area contributed by atoms with Crippen LogP contribution in [0.4, 0.5) is 0 Å². The van der Waals surface area contributed by atoms with Crippen molar-refractivity contribution in [2.45, 2.75) is 18.9 Å². The summed E-state index contributed by atoms with van der Waals surface area (Å²) in [7, 11) is 4.00. The largest absolute Gasteiger partial charge is 0.508 e. The van der Waals surface area contributed by atoms with Crippen LogP contribution >= 0.6 is 0 Å². The molecule has 1 aliphatic carbocycles. The molecular formula is C11H16N2O. The van der Waals surface area contributed by atoms with Crippen molar-refractivity contribution in [2.75, 3.05) is 14.1 Å². The quantitative estimate of drug-likeness (QED) is 0.696. The maximum atomic E-state index is 9.33. The molecule has 0 bridgehead atoms. The Labute approximate surface area is 84.3 Å². The number of aromatic hydroxyl groups is 1. The van der Waals surface area contributed by atoms with Crippen molar-refractivity contribution in [3.63, 3.8) is 0 Å². The molecule has 3 heteroatoms. The molecule has 0 aromatic heterocycles. The van der Waals surface area contributed by atoms with E-state index in [2.05, 4.69) is 5.43 Å². The van der Waals surface area contributed by atoms with Gasteiger partial charge in [0.05, 0.1) is 0 Å². The van der Waals surface area contributed by atoms with Gasteiger partial charge in [0.2, 0.25) is 0 Å². The number of benzene rings is 1. The molecule has 76 valence electrons. The van der Waals surface area contributed by atoms with Gasteiger partial charge in [-0.2, -0.15) is 0 Å². The van der Waals surface area contributed by atoms with E-state index < -0.39 is 0 Å². The SMILES string of the molecule is CN(C)NC1CCc2cc(O)ccc21. The van der Waals surface area contributed by atoms with Crippen LogP contribution in [0.2, 0.25) is 0 Å². The zero-order chi connectivity index (χ0) is 10.1. The number of nitrogens with zero attached hydrogens (tertiary/aromatic N) is 1. The first kappa shape index (κ1) is 9.49. The Morgan fingerprint density at radius 1 is 1.43 bits per heavy atom. The van der Waals surface area contributed by atoms with E-state index in [-0.39, 0.29) is 0 Å². The number of hydrazine groups is 1. The summed E-state index contributed by atoms with van der Waals surface area (Å²) < 4.78 is 0. The van der Waals surface area contributed by atoms with Crippen LogP contribution in [-0.4, -0.2) is 24.2 Å². The third kappa shape index (κ3) is 1.74. The summed E-state index contributed by atoms with van der Waals surface area (Å²) in [6, 6.07) is 6.04. The molecular weight excluding hydrogens is 176 g/mol. The first-order valence-corrected chi connectivity index (χ1v) is 4.92. The molecule has 0 spiro atoms. The number of aryl methyl sites for hydroxylation is 1. The van der Waals surface area contributed by atoms with Crippen LogP contribution in [0.3, 0.4) is 0 Å². The minimum Gasteiger partial charge on any atom is -0.508 e. The van der Waals surface area contributed by atoms with Crippen LogP contribution in [0.1, 0.15) is 23.6 Å². The lowest BCUT2D eigenvalue weighted by atomic mass is 10.1. The maximum absolute atomic E-state index is 9.33. The van der Waals surface area contributed by atoms with Crippen molar-refractivity contribution < 1.29 is 5.11 Å². The molecule has 0 saturated heterocycles. The van der Waals surface area contributed by atoms with Crippen LogP contribution in [0, 0.1) is 0 Å². The van der Waals surface area contributed by atoms with Crippen LogP contribution in [-0.2, 0) is 6.42 Å². The molecule has 1 aromatic carbocycles. The fourth-order valence-electron chi connectivity index (χ4n) is 2.05. The van der Waals surface area contributed by atoms with Gasteiger partial charge in [-0.05, 0) is 36.1 Å². The third-order valence-corrected chi connectivity index (χ3v) is 2.62. The van der Waals surface area contributed by atoms with Gasteiger partial charge in [0.25, 0.3) is 0 Å². The zero-order valence-corrected chi connectivity index (χ0v) is 8.62. The van der Waals surface area contributed by atoms with Crippen molar-refractivity contribution in [2.24, 2.45) is 0 Å². The number of fused-ring (bicyclic) bond motifs is 1. The molecule has 0 radical (unpaired) electrons. The van der Waals surface area contributed by atoms with Crippen molar-refractivity contribution in [1.29, 1.82) is 0 Å². The highest BCUT2D eigenvalue weighted by Crippen LogP contribution is 2.33. The molecule has 0 heterocycles. The fourth-order valence-corrected chi connectivity index (χ4v) is 2.05. The molecule has 14 heavy (non-hydrogen) atoms. The first-order chi connectivity index (χ1) is 6.66. The zero-order valence-electron chi connectivity index (χ0n) is 8.62. The Bertz CT molecular complexity index is 336. The molecule has 1 aliphatic rings. The van der Waals surface area contributed by atoms with Crippen LogP contribution in [0.25, 0.3) is 0 Å². The fraction of sp³-hybridized carbons (Fsp3) is 0.455. The van der Waals surface area contributed by atoms with E-state index in [0.29, 0.717) is 11.8 Å². The highest BCUT2D eigenvalue weighted by molar-refractivity contribution is 5.39. The van der Waals surface area contributed by atoms with Crippen molar-refractivity contribution in [1.82, 2.24) is 10.4 Å². The summed E-state index contributed by atoms with van der Waals surface area (Å²) in [4.78, 5) is 0. The lowest BCUT2D eigenvalue weighted by Crippen LogP contribution is -2.33. The van der Waals surface area contributed by atoms with E-state index in [9.17, 15) is 5.11 Å². The summed E-state index contributed by atoms with van der Waals surface area (Å²) in [5, 5.41) is 11.3. The normalized spacial score (nSPS) is 20.1. The second-order valence-electron chi connectivity index (χ2n) is 4.00. The van der Waals surface area contributed by atoms with Gasteiger partial charge < -0.3 is 5.11 Å². The monoisotopic (exact) mass is 192 g/mol. The van der Waals surface area contributed by atoms with E-state index in [0.717, 1.165) is 12.8 Å². The average molecular weight is 192 g/mol. The van der Waals surface area contributed by atoms with Gasteiger partial charge in [-0.25, -0.2) is 5.43 Å². The predicted molar refractivity (Wildman–Crippen MR) is 56.0 cm³/mol. The highest BCUT2D eigenvalue weighted by atomic mass is 16.3. The predicted octanol–water partition coefficient (Wildman–Crippen LogP) is 1.45. The summed E-state index contributed by atoms with van der Waals surface area (Å²) in [6.45, 7) is 0. The summed E-state index contributed by atoms with van der Waals surface area (Å²) in [6.07, 6.45) is 2.16. The number of hydrogen-bond donors (Lipinski definition) is 2. The molecule has 0 fully saturated rings. The molecule has 0 saturated carbocycles. The van der Waals surface area contributed by atoms with Gasteiger partial charge in [-0.1, -0.05) is 6.07 Å². The number of rotatable bonds is 2. The van der Waals surface area contributed by atoms with Crippen molar-refractivity contribution in [3.05, 3.63) is 29.3 Å². The number of phenols is 1. The van der Waals surface area contributed by atoms with Crippen LogP contribution in [0.15, 0.2) is 18.2 Å². The van der Waals surface area contributed by atoms with Crippen molar-refractivity contribution >= 4 is 0 Å². The Morgan fingerprint density at radius 2 is 2.21 bits per heavy atom. The van der Waals surface area contributed by atoms with Crippen LogP contribution in [0.5, 0.6) is 5.75 Å². The molecule has 3 nitrogen and oxygen atoms in total. The second kappa shape index (κ2) is 3.59. The second-order valence-corrected chi connectivity index (χ2v) is 4.00. The minimum atomic E-state index is 0.370. The minimum absolute atomic E-state index is 0.370. The Balaban J connectivity index is 2.22. The maximum Gasteiger partial charge on any atom is 0.115 e. The summed E-state index contributed by atoms with van der Waals surface area (Å²) in [5.74, 6) is 0.370. The molecule has 1 unspecified atom stereocenters.